The molecule has 0 fully saturated rings. The lowest BCUT2D eigenvalue weighted by molar-refractivity contribution is 0.354. The number of pyridine rings is 1. The third-order valence-electron chi connectivity index (χ3n) is 3.20. The summed E-state index contributed by atoms with van der Waals surface area (Å²) in [5.41, 5.74) is 1.74. The molecule has 0 aliphatic heterocycles. The van der Waals surface area contributed by atoms with E-state index in [4.69, 9.17) is 9.47 Å². The van der Waals surface area contributed by atoms with E-state index in [1.54, 1.807) is 20.3 Å². The molecule has 1 unspecified atom stereocenters. The molecule has 1 heterocycles. The van der Waals surface area contributed by atoms with Crippen LogP contribution in [0.2, 0.25) is 0 Å². The molecule has 1 N–H and O–H groups in total. The molecule has 1 aromatic heterocycles. The summed E-state index contributed by atoms with van der Waals surface area (Å²) in [6.45, 7) is 2.77. The Hall–Kier alpha value is -2.14. The highest BCUT2D eigenvalue weighted by Gasteiger charge is 2.16. The van der Waals surface area contributed by atoms with Crippen molar-refractivity contribution in [1.82, 2.24) is 10.3 Å². The first-order chi connectivity index (χ1) is 10.2. The number of hydrogen-bond donors (Lipinski definition) is 1. The van der Waals surface area contributed by atoms with Crippen molar-refractivity contribution in [1.29, 1.82) is 0 Å². The maximum Gasteiger partial charge on any atom is 0.161 e. The summed E-state index contributed by atoms with van der Waals surface area (Å²) < 4.78 is 23.6. The summed E-state index contributed by atoms with van der Waals surface area (Å²) in [4.78, 5) is 4.16. The van der Waals surface area contributed by atoms with Gasteiger partial charge in [0, 0.05) is 0 Å². The van der Waals surface area contributed by atoms with Crippen LogP contribution in [0.25, 0.3) is 0 Å². The fourth-order valence-electron chi connectivity index (χ4n) is 2.19. The molecule has 0 saturated heterocycles. The van der Waals surface area contributed by atoms with Crippen molar-refractivity contribution in [3.63, 3.8) is 0 Å². The lowest BCUT2D eigenvalue weighted by Crippen LogP contribution is -2.23. The number of halogens is 1. The maximum absolute atomic E-state index is 13.0. The first-order valence-electron chi connectivity index (χ1n) is 6.76. The zero-order valence-electron chi connectivity index (χ0n) is 12.4. The number of hydrogen-bond acceptors (Lipinski definition) is 4. The van der Waals surface area contributed by atoms with Gasteiger partial charge < -0.3 is 14.8 Å². The quantitative estimate of drug-likeness (QED) is 0.888. The van der Waals surface area contributed by atoms with E-state index < -0.39 is 0 Å². The number of ether oxygens (including phenoxy) is 2. The standard InChI is InChI=1S/C16H19FN2O2/c1-4-18-16(13-7-6-12(17)10-19-13)11-5-8-14(20-2)15(9-11)21-3/h5-10,16,18H,4H2,1-3H3. The van der Waals surface area contributed by atoms with Gasteiger partial charge in [-0.2, -0.15) is 0 Å². The number of benzene rings is 1. The minimum atomic E-state index is -0.346. The molecular weight excluding hydrogens is 271 g/mol. The SMILES string of the molecule is CCNC(c1ccc(OC)c(OC)c1)c1ccc(F)cn1. The zero-order chi connectivity index (χ0) is 15.2. The summed E-state index contributed by atoms with van der Waals surface area (Å²) >= 11 is 0. The molecule has 112 valence electrons. The summed E-state index contributed by atoms with van der Waals surface area (Å²) in [5, 5.41) is 3.34. The topological polar surface area (TPSA) is 43.4 Å². The van der Waals surface area contributed by atoms with E-state index in [2.05, 4.69) is 10.3 Å². The molecule has 1 aromatic carbocycles. The first kappa shape index (κ1) is 15.3. The van der Waals surface area contributed by atoms with Crippen LogP contribution >= 0.6 is 0 Å². The molecule has 2 rings (SSSR count). The second-order valence-electron chi connectivity index (χ2n) is 4.51. The zero-order valence-corrected chi connectivity index (χ0v) is 12.4. The van der Waals surface area contributed by atoms with Gasteiger partial charge in [0.2, 0.25) is 0 Å². The smallest absolute Gasteiger partial charge is 0.161 e. The highest BCUT2D eigenvalue weighted by Crippen LogP contribution is 2.31. The van der Waals surface area contributed by atoms with Gasteiger partial charge in [-0.25, -0.2) is 4.39 Å². The van der Waals surface area contributed by atoms with Crippen LogP contribution in [0.5, 0.6) is 11.5 Å². The Labute approximate surface area is 123 Å². The van der Waals surface area contributed by atoms with Gasteiger partial charge in [-0.3, -0.25) is 4.98 Å². The minimum absolute atomic E-state index is 0.129. The second kappa shape index (κ2) is 7.04. The van der Waals surface area contributed by atoms with Gasteiger partial charge in [0.1, 0.15) is 5.82 Å². The highest BCUT2D eigenvalue weighted by molar-refractivity contribution is 5.45. The number of nitrogens with one attached hydrogen (secondary N) is 1. The average Bonchev–Trinajstić information content (AvgIpc) is 2.53. The van der Waals surface area contributed by atoms with Crippen molar-refractivity contribution in [2.24, 2.45) is 0 Å². The number of aromatic nitrogens is 1. The number of rotatable bonds is 6. The van der Waals surface area contributed by atoms with Gasteiger partial charge in [-0.1, -0.05) is 13.0 Å². The van der Waals surface area contributed by atoms with Crippen LogP contribution in [0.3, 0.4) is 0 Å². The molecular formula is C16H19FN2O2. The van der Waals surface area contributed by atoms with Crippen molar-refractivity contribution in [3.8, 4) is 11.5 Å². The number of methoxy groups -OCH3 is 2. The fourth-order valence-corrected chi connectivity index (χ4v) is 2.19. The molecule has 1 atom stereocenters. The van der Waals surface area contributed by atoms with Gasteiger partial charge in [-0.15, -0.1) is 0 Å². The Balaban J connectivity index is 2.40. The second-order valence-corrected chi connectivity index (χ2v) is 4.51. The van der Waals surface area contributed by atoms with Crippen LogP contribution in [0, 0.1) is 5.82 Å². The Kier molecular flexibility index (Phi) is 5.11. The van der Waals surface area contributed by atoms with Crippen LogP contribution in [-0.4, -0.2) is 25.7 Å². The van der Waals surface area contributed by atoms with Gasteiger partial charge in [0.15, 0.2) is 11.5 Å². The Morgan fingerprint density at radius 3 is 2.48 bits per heavy atom. The third kappa shape index (κ3) is 3.49. The molecule has 0 aliphatic rings. The van der Waals surface area contributed by atoms with E-state index in [1.165, 1.54) is 12.3 Å². The monoisotopic (exact) mass is 290 g/mol. The van der Waals surface area contributed by atoms with E-state index in [-0.39, 0.29) is 11.9 Å². The van der Waals surface area contributed by atoms with E-state index in [1.807, 2.05) is 25.1 Å². The molecule has 0 radical (unpaired) electrons. The predicted octanol–water partition coefficient (Wildman–Crippen LogP) is 2.94. The summed E-state index contributed by atoms with van der Waals surface area (Å²) in [5.74, 6) is 0.977. The van der Waals surface area contributed by atoms with Crippen LogP contribution in [0.1, 0.15) is 24.2 Å². The summed E-state index contributed by atoms with van der Waals surface area (Å²) in [7, 11) is 3.20. The highest BCUT2D eigenvalue weighted by atomic mass is 19.1. The summed E-state index contributed by atoms with van der Waals surface area (Å²) in [6.07, 6.45) is 1.22. The molecule has 0 spiro atoms. The largest absolute Gasteiger partial charge is 0.493 e. The van der Waals surface area contributed by atoms with Crippen molar-refractivity contribution in [2.75, 3.05) is 20.8 Å². The van der Waals surface area contributed by atoms with E-state index in [0.717, 1.165) is 17.8 Å². The van der Waals surface area contributed by atoms with Crippen LogP contribution in [0.15, 0.2) is 36.5 Å². The fraction of sp³-hybridized carbons (Fsp3) is 0.312. The molecule has 21 heavy (non-hydrogen) atoms. The lowest BCUT2D eigenvalue weighted by atomic mass is 10.0. The Bertz CT molecular complexity index is 587. The van der Waals surface area contributed by atoms with Crippen molar-refractivity contribution < 1.29 is 13.9 Å². The van der Waals surface area contributed by atoms with Gasteiger partial charge >= 0.3 is 0 Å². The van der Waals surface area contributed by atoms with E-state index >= 15 is 0 Å². The normalized spacial score (nSPS) is 12.0. The predicted molar refractivity (Wildman–Crippen MR) is 79.3 cm³/mol. The first-order valence-corrected chi connectivity index (χ1v) is 6.76. The van der Waals surface area contributed by atoms with Crippen LogP contribution < -0.4 is 14.8 Å². The molecule has 2 aromatic rings. The Morgan fingerprint density at radius 2 is 1.90 bits per heavy atom. The summed E-state index contributed by atoms with van der Waals surface area (Å²) in [6, 6.07) is 8.65. The maximum atomic E-state index is 13.0. The Morgan fingerprint density at radius 1 is 1.14 bits per heavy atom. The van der Waals surface area contributed by atoms with E-state index in [9.17, 15) is 4.39 Å². The van der Waals surface area contributed by atoms with Crippen molar-refractivity contribution >= 4 is 0 Å². The molecule has 0 aliphatic carbocycles. The van der Waals surface area contributed by atoms with E-state index in [0.29, 0.717) is 11.5 Å². The van der Waals surface area contributed by atoms with Gasteiger partial charge in [0.05, 0.1) is 32.2 Å². The molecule has 0 bridgehead atoms. The number of nitrogens with zero attached hydrogens (tertiary/aromatic N) is 1. The van der Waals surface area contributed by atoms with Crippen molar-refractivity contribution in [3.05, 3.63) is 53.6 Å². The molecule has 0 amide bonds. The molecule has 5 heteroatoms. The molecule has 0 saturated carbocycles. The lowest BCUT2D eigenvalue weighted by Gasteiger charge is -2.19. The minimum Gasteiger partial charge on any atom is -0.493 e. The van der Waals surface area contributed by atoms with Crippen LogP contribution in [-0.2, 0) is 0 Å². The third-order valence-corrected chi connectivity index (χ3v) is 3.20. The van der Waals surface area contributed by atoms with Crippen LogP contribution in [0.4, 0.5) is 4.39 Å². The average molecular weight is 290 g/mol. The molecule has 4 nitrogen and oxygen atoms in total. The van der Waals surface area contributed by atoms with Crippen molar-refractivity contribution in [2.45, 2.75) is 13.0 Å². The van der Waals surface area contributed by atoms with Gasteiger partial charge in [-0.05, 0) is 36.4 Å². The van der Waals surface area contributed by atoms with Gasteiger partial charge in [0.25, 0.3) is 0 Å².